The Morgan fingerprint density at radius 3 is 2.03 bits per heavy atom. The van der Waals surface area contributed by atoms with Gasteiger partial charge in [-0.3, -0.25) is 9.10 Å². The van der Waals surface area contributed by atoms with E-state index in [9.17, 15) is 17.6 Å². The molecule has 0 heterocycles. The van der Waals surface area contributed by atoms with E-state index in [1.165, 1.54) is 17.0 Å². The van der Waals surface area contributed by atoms with Gasteiger partial charge in [0.05, 0.1) is 10.6 Å². The molecular formula is C22H21FN2O3S. The summed E-state index contributed by atoms with van der Waals surface area (Å²) in [6, 6.07) is 20.3. The Morgan fingerprint density at radius 2 is 1.45 bits per heavy atom. The number of para-hydroxylation sites is 1. The lowest BCUT2D eigenvalue weighted by atomic mass is 10.2. The van der Waals surface area contributed by atoms with Crippen LogP contribution in [0.4, 0.5) is 15.8 Å². The lowest BCUT2D eigenvalue weighted by Gasteiger charge is -2.27. The number of carbonyl (C=O) groups is 1. The van der Waals surface area contributed by atoms with Crippen molar-refractivity contribution in [3.8, 4) is 0 Å². The number of nitrogens with zero attached hydrogens (tertiary/aromatic N) is 2. The lowest BCUT2D eigenvalue weighted by molar-refractivity contribution is -0.116. The highest BCUT2D eigenvalue weighted by molar-refractivity contribution is 7.92. The summed E-state index contributed by atoms with van der Waals surface area (Å²) in [5.41, 5.74) is 1.97. The second-order valence-electron chi connectivity index (χ2n) is 6.59. The van der Waals surface area contributed by atoms with E-state index in [2.05, 4.69) is 0 Å². The van der Waals surface area contributed by atoms with Crippen LogP contribution in [0.25, 0.3) is 0 Å². The van der Waals surface area contributed by atoms with Crippen molar-refractivity contribution in [1.82, 2.24) is 0 Å². The van der Waals surface area contributed by atoms with Crippen LogP contribution in [0, 0.1) is 12.7 Å². The number of carbonyl (C=O) groups excluding carboxylic acids is 1. The van der Waals surface area contributed by atoms with Crippen LogP contribution in [-0.2, 0) is 14.8 Å². The Bertz CT molecular complexity index is 1080. The van der Waals surface area contributed by atoms with Crippen molar-refractivity contribution in [3.05, 3.63) is 90.2 Å². The molecule has 0 aliphatic heterocycles. The standard InChI is InChI=1S/C22H21FN2O3S/c1-17-8-12-20(13-9-17)25(29(27,28)21-14-10-18(23)11-15-21)16-22(26)24(2)19-6-4-3-5-7-19/h3-15H,16H2,1-2H3. The van der Waals surface area contributed by atoms with Crippen LogP contribution in [0.1, 0.15) is 5.56 Å². The second kappa shape index (κ2) is 8.45. The third kappa shape index (κ3) is 4.63. The molecule has 0 aromatic heterocycles. The monoisotopic (exact) mass is 412 g/mol. The number of sulfonamides is 1. The van der Waals surface area contributed by atoms with E-state index in [0.717, 1.165) is 22.0 Å². The molecule has 0 aliphatic rings. The first kappa shape index (κ1) is 20.5. The number of anilines is 2. The van der Waals surface area contributed by atoms with Gasteiger partial charge >= 0.3 is 0 Å². The van der Waals surface area contributed by atoms with Gasteiger partial charge < -0.3 is 4.90 Å². The van der Waals surface area contributed by atoms with Gasteiger partial charge in [0, 0.05) is 12.7 Å². The van der Waals surface area contributed by atoms with Crippen LogP contribution in [0.2, 0.25) is 0 Å². The third-order valence-electron chi connectivity index (χ3n) is 4.52. The number of hydrogen-bond donors (Lipinski definition) is 0. The first-order chi connectivity index (χ1) is 13.8. The molecule has 1 amide bonds. The summed E-state index contributed by atoms with van der Waals surface area (Å²) in [7, 11) is -2.48. The Labute approximate surface area is 170 Å². The molecule has 0 bridgehead atoms. The van der Waals surface area contributed by atoms with Crippen LogP contribution in [0.15, 0.2) is 83.8 Å². The maximum absolute atomic E-state index is 13.3. The summed E-state index contributed by atoms with van der Waals surface area (Å²) in [6.07, 6.45) is 0. The minimum atomic E-state index is -4.08. The van der Waals surface area contributed by atoms with E-state index < -0.39 is 28.3 Å². The van der Waals surface area contributed by atoms with Crippen molar-refractivity contribution < 1.29 is 17.6 Å². The van der Waals surface area contributed by atoms with Gasteiger partial charge in [0.1, 0.15) is 12.4 Å². The first-order valence-electron chi connectivity index (χ1n) is 8.95. The number of hydrogen-bond acceptors (Lipinski definition) is 3. The second-order valence-corrected chi connectivity index (χ2v) is 8.45. The van der Waals surface area contributed by atoms with E-state index in [1.54, 1.807) is 55.6 Å². The number of benzene rings is 3. The number of halogens is 1. The van der Waals surface area contributed by atoms with Gasteiger partial charge in [-0.2, -0.15) is 0 Å². The van der Waals surface area contributed by atoms with Gasteiger partial charge in [-0.05, 0) is 55.5 Å². The quantitative estimate of drug-likeness (QED) is 0.615. The van der Waals surface area contributed by atoms with E-state index in [-0.39, 0.29) is 4.90 Å². The fraction of sp³-hybridized carbons (Fsp3) is 0.136. The molecule has 5 nitrogen and oxygen atoms in total. The lowest BCUT2D eigenvalue weighted by Crippen LogP contribution is -2.41. The summed E-state index contributed by atoms with van der Waals surface area (Å²) in [5, 5.41) is 0. The molecule has 0 aliphatic carbocycles. The smallest absolute Gasteiger partial charge is 0.264 e. The molecule has 0 saturated carbocycles. The zero-order valence-electron chi connectivity index (χ0n) is 16.1. The predicted octanol–water partition coefficient (Wildman–Crippen LogP) is 3.99. The summed E-state index contributed by atoms with van der Waals surface area (Å²) < 4.78 is 40.8. The number of amides is 1. The fourth-order valence-corrected chi connectivity index (χ4v) is 4.20. The topological polar surface area (TPSA) is 57.7 Å². The van der Waals surface area contributed by atoms with Crippen LogP contribution in [0.3, 0.4) is 0 Å². The molecule has 3 aromatic rings. The Kier molecular flexibility index (Phi) is 5.98. The Balaban J connectivity index is 1.98. The first-order valence-corrected chi connectivity index (χ1v) is 10.4. The fourth-order valence-electron chi connectivity index (χ4n) is 2.78. The number of aryl methyl sites for hydroxylation is 1. The molecule has 0 atom stereocenters. The van der Waals surface area contributed by atoms with Crippen molar-refractivity contribution >= 4 is 27.3 Å². The summed E-state index contributed by atoms with van der Waals surface area (Å²) in [6.45, 7) is 1.49. The van der Waals surface area contributed by atoms with Crippen molar-refractivity contribution in [2.75, 3.05) is 22.8 Å². The SMILES string of the molecule is Cc1ccc(N(CC(=O)N(C)c2ccccc2)S(=O)(=O)c2ccc(F)cc2)cc1. The molecule has 0 spiro atoms. The maximum atomic E-state index is 13.3. The van der Waals surface area contributed by atoms with E-state index in [0.29, 0.717) is 11.4 Å². The van der Waals surface area contributed by atoms with Crippen molar-refractivity contribution in [2.24, 2.45) is 0 Å². The summed E-state index contributed by atoms with van der Waals surface area (Å²) in [4.78, 5) is 14.2. The molecule has 3 aromatic carbocycles. The molecule has 0 saturated heterocycles. The van der Waals surface area contributed by atoms with Crippen LogP contribution >= 0.6 is 0 Å². The molecule has 0 unspecified atom stereocenters. The van der Waals surface area contributed by atoms with Crippen LogP contribution in [0.5, 0.6) is 0 Å². The van der Waals surface area contributed by atoms with Crippen molar-refractivity contribution in [1.29, 1.82) is 0 Å². The van der Waals surface area contributed by atoms with E-state index in [1.807, 2.05) is 13.0 Å². The Hall–Kier alpha value is -3.19. The summed E-state index contributed by atoms with van der Waals surface area (Å²) in [5.74, 6) is -0.937. The zero-order chi connectivity index (χ0) is 21.0. The average molecular weight is 412 g/mol. The summed E-state index contributed by atoms with van der Waals surface area (Å²) >= 11 is 0. The van der Waals surface area contributed by atoms with Crippen molar-refractivity contribution in [2.45, 2.75) is 11.8 Å². The maximum Gasteiger partial charge on any atom is 0.264 e. The third-order valence-corrected chi connectivity index (χ3v) is 6.31. The molecule has 0 N–H and O–H groups in total. The van der Waals surface area contributed by atoms with Gasteiger partial charge in [0.2, 0.25) is 5.91 Å². The van der Waals surface area contributed by atoms with Gasteiger partial charge in [0.15, 0.2) is 0 Å². The highest BCUT2D eigenvalue weighted by Crippen LogP contribution is 2.25. The van der Waals surface area contributed by atoms with Gasteiger partial charge in [-0.15, -0.1) is 0 Å². The molecule has 7 heteroatoms. The molecule has 0 radical (unpaired) electrons. The molecule has 150 valence electrons. The highest BCUT2D eigenvalue weighted by Gasteiger charge is 2.28. The zero-order valence-corrected chi connectivity index (χ0v) is 16.9. The molecular weight excluding hydrogens is 391 g/mol. The number of rotatable bonds is 6. The van der Waals surface area contributed by atoms with E-state index in [4.69, 9.17) is 0 Å². The average Bonchev–Trinajstić information content (AvgIpc) is 2.73. The van der Waals surface area contributed by atoms with Gasteiger partial charge in [0.25, 0.3) is 10.0 Å². The van der Waals surface area contributed by atoms with Crippen LogP contribution < -0.4 is 9.21 Å². The molecule has 3 rings (SSSR count). The van der Waals surface area contributed by atoms with Crippen molar-refractivity contribution in [3.63, 3.8) is 0 Å². The number of likely N-dealkylation sites (N-methyl/N-ethyl adjacent to an activating group) is 1. The van der Waals surface area contributed by atoms with E-state index >= 15 is 0 Å². The minimum absolute atomic E-state index is 0.0883. The molecule has 0 fully saturated rings. The largest absolute Gasteiger partial charge is 0.314 e. The van der Waals surface area contributed by atoms with Gasteiger partial charge in [-0.1, -0.05) is 35.9 Å². The Morgan fingerprint density at radius 1 is 0.862 bits per heavy atom. The predicted molar refractivity (Wildman–Crippen MR) is 112 cm³/mol. The highest BCUT2D eigenvalue weighted by atomic mass is 32.2. The normalized spacial score (nSPS) is 11.1. The van der Waals surface area contributed by atoms with Gasteiger partial charge in [-0.25, -0.2) is 12.8 Å². The minimum Gasteiger partial charge on any atom is -0.314 e. The molecule has 29 heavy (non-hydrogen) atoms. The van der Waals surface area contributed by atoms with Crippen LogP contribution in [-0.4, -0.2) is 27.9 Å².